The van der Waals surface area contributed by atoms with Gasteiger partial charge in [-0.05, 0) is 97.7 Å². The molecule has 2 aromatic carbocycles. The van der Waals surface area contributed by atoms with E-state index in [0.29, 0.717) is 42.9 Å². The van der Waals surface area contributed by atoms with Crippen LogP contribution in [-0.4, -0.2) is 79.8 Å². The zero-order valence-electron chi connectivity index (χ0n) is 35.7. The highest BCUT2D eigenvalue weighted by molar-refractivity contribution is 7.90. The number of aromatic nitrogens is 2. The Morgan fingerprint density at radius 3 is 2.56 bits per heavy atom. The summed E-state index contributed by atoms with van der Waals surface area (Å²) >= 11 is 0. The first-order chi connectivity index (χ1) is 29.5. The van der Waals surface area contributed by atoms with E-state index in [2.05, 4.69) is 57.2 Å². The Morgan fingerprint density at radius 2 is 1.84 bits per heavy atom. The average Bonchev–Trinajstić information content (AvgIpc) is 3.71. The third-order valence-electron chi connectivity index (χ3n) is 12.7. The summed E-state index contributed by atoms with van der Waals surface area (Å²) in [7, 11) is -4.57. The van der Waals surface area contributed by atoms with Crippen LogP contribution in [0.1, 0.15) is 88.9 Å². The predicted octanol–water partition coefficient (Wildman–Crippen LogP) is 9.85. The summed E-state index contributed by atoms with van der Waals surface area (Å²) in [6.45, 7) is 14.9. The molecule has 3 N–H and O–H groups in total. The lowest BCUT2D eigenvalue weighted by atomic mass is 9.72. The van der Waals surface area contributed by atoms with Gasteiger partial charge in [-0.25, -0.2) is 26.9 Å². The Kier molecular flexibility index (Phi) is 13.7. The molecule has 62 heavy (non-hydrogen) atoms. The molecule has 1 aliphatic heterocycles. The van der Waals surface area contributed by atoms with Crippen LogP contribution in [-0.2, 0) is 10.0 Å². The maximum absolute atomic E-state index is 13.9. The van der Waals surface area contributed by atoms with E-state index >= 15 is 0 Å². The molecule has 3 aliphatic rings. The molecule has 1 amide bonds. The van der Waals surface area contributed by atoms with E-state index in [1.165, 1.54) is 30.0 Å². The Labute approximate surface area is 362 Å². The van der Waals surface area contributed by atoms with Crippen molar-refractivity contribution in [2.75, 3.05) is 49.5 Å². The van der Waals surface area contributed by atoms with Gasteiger partial charge in [0, 0.05) is 75.1 Å². The molecule has 2 aliphatic carbocycles. The number of nitro groups is 1. The standard InChI is InChI=1S/C46H57F2N7O6S/c1-30-5-8-32(9-6-30)27-50-40-13-11-37(25-41(40)55(57)58)62(59,60)52-45(56)38-12-10-35(24-42(38)61-36-23-33-16-18-49-44(33)51-28-36)54-21-19-53(20-22-54)29-34-15-17-46(3,4)26-39(34)31(2)7-14-43(47)48/h10-13,16,18,23-25,28,30,32,43,50H,2,5-9,14-15,17,19-22,26-27,29H2,1,3-4H3,(H,49,51)(H,52,56). The van der Waals surface area contributed by atoms with Gasteiger partial charge in [-0.15, -0.1) is 0 Å². The van der Waals surface area contributed by atoms with Crippen LogP contribution in [0.2, 0.25) is 0 Å². The number of amides is 1. The number of hydrogen-bond donors (Lipinski definition) is 3. The van der Waals surface area contributed by atoms with Crippen LogP contribution in [0.15, 0.2) is 89.1 Å². The third kappa shape index (κ3) is 11.0. The summed E-state index contributed by atoms with van der Waals surface area (Å²) in [4.78, 5) is 36.9. The van der Waals surface area contributed by atoms with Crippen LogP contribution in [0.5, 0.6) is 11.5 Å². The van der Waals surface area contributed by atoms with Crippen molar-refractivity contribution in [3.05, 3.63) is 99.9 Å². The Balaban J connectivity index is 1.08. The van der Waals surface area contributed by atoms with Crippen LogP contribution in [0.25, 0.3) is 11.0 Å². The molecule has 1 saturated carbocycles. The highest BCUT2D eigenvalue weighted by atomic mass is 32.2. The van der Waals surface area contributed by atoms with E-state index in [1.54, 1.807) is 24.4 Å². The van der Waals surface area contributed by atoms with Gasteiger partial charge in [-0.3, -0.25) is 19.8 Å². The van der Waals surface area contributed by atoms with Crippen LogP contribution in [0.3, 0.4) is 0 Å². The zero-order chi connectivity index (χ0) is 44.2. The van der Waals surface area contributed by atoms with Crippen LogP contribution < -0.4 is 19.7 Å². The molecule has 7 rings (SSSR count). The molecule has 0 radical (unpaired) electrons. The number of alkyl halides is 2. The van der Waals surface area contributed by atoms with E-state index in [0.717, 1.165) is 92.9 Å². The van der Waals surface area contributed by atoms with E-state index in [4.69, 9.17) is 4.74 Å². The van der Waals surface area contributed by atoms with E-state index in [1.807, 2.05) is 6.07 Å². The maximum atomic E-state index is 13.9. The molecular formula is C46H57F2N7O6S. The van der Waals surface area contributed by atoms with Crippen LogP contribution in [0, 0.1) is 27.4 Å². The lowest BCUT2D eigenvalue weighted by Crippen LogP contribution is -2.47. The SMILES string of the molecule is C=C(CCC(F)F)C1=C(CN2CCN(c3ccc(C(=O)NS(=O)(=O)c4ccc(NCC5CCC(C)CC5)c([N+](=O)[O-])c4)c(Oc4cnc5[nH]ccc5c4)c3)CC2)CCC(C)(C)C1. The quantitative estimate of drug-likeness (QED) is 0.0730. The number of nitro benzene ring substituents is 1. The monoisotopic (exact) mass is 873 g/mol. The van der Waals surface area contributed by atoms with Crippen LogP contribution in [0.4, 0.5) is 25.8 Å². The fraction of sp³-hybridized carbons (Fsp3) is 0.478. The molecule has 0 spiro atoms. The minimum atomic E-state index is -4.57. The second-order valence-electron chi connectivity index (χ2n) is 18.0. The normalized spacial score (nSPS) is 19.7. The lowest BCUT2D eigenvalue weighted by molar-refractivity contribution is -0.384. The number of hydrogen-bond acceptors (Lipinski definition) is 10. The highest BCUT2D eigenvalue weighted by Crippen LogP contribution is 2.43. The van der Waals surface area contributed by atoms with Crippen molar-refractivity contribution in [1.82, 2.24) is 19.6 Å². The van der Waals surface area contributed by atoms with Gasteiger partial charge in [0.15, 0.2) is 0 Å². The molecule has 0 bridgehead atoms. The molecule has 2 fully saturated rings. The number of piperazine rings is 1. The van der Waals surface area contributed by atoms with E-state index < -0.39 is 37.9 Å². The van der Waals surface area contributed by atoms with Gasteiger partial charge >= 0.3 is 0 Å². The highest BCUT2D eigenvalue weighted by Gasteiger charge is 2.31. The van der Waals surface area contributed by atoms with Crippen molar-refractivity contribution in [3.8, 4) is 11.5 Å². The van der Waals surface area contributed by atoms with Crippen molar-refractivity contribution < 1.29 is 31.7 Å². The van der Waals surface area contributed by atoms with Crippen molar-refractivity contribution in [2.45, 2.75) is 89.9 Å². The van der Waals surface area contributed by atoms with Crippen molar-refractivity contribution in [3.63, 3.8) is 0 Å². The fourth-order valence-corrected chi connectivity index (χ4v) is 9.82. The minimum Gasteiger partial charge on any atom is -0.455 e. The smallest absolute Gasteiger partial charge is 0.293 e. The number of pyridine rings is 1. The number of rotatable bonds is 16. The summed E-state index contributed by atoms with van der Waals surface area (Å²) in [5, 5.41) is 16.0. The molecule has 13 nitrogen and oxygen atoms in total. The fourth-order valence-electron chi connectivity index (χ4n) is 8.83. The number of ether oxygens (including phenoxy) is 1. The second-order valence-corrected chi connectivity index (χ2v) is 19.6. The van der Waals surface area contributed by atoms with E-state index in [9.17, 15) is 32.1 Å². The summed E-state index contributed by atoms with van der Waals surface area (Å²) in [6, 6.07) is 12.1. The van der Waals surface area contributed by atoms with Crippen molar-refractivity contribution in [2.24, 2.45) is 17.3 Å². The summed E-state index contributed by atoms with van der Waals surface area (Å²) < 4.78 is 62.0. The molecular weight excluding hydrogens is 817 g/mol. The first-order valence-corrected chi connectivity index (χ1v) is 23.0. The molecule has 2 aromatic heterocycles. The molecule has 0 unspecified atom stereocenters. The summed E-state index contributed by atoms with van der Waals surface area (Å²) in [5.41, 5.74) is 4.46. The van der Waals surface area contributed by atoms with Gasteiger partial charge in [0.05, 0.1) is 21.6 Å². The number of anilines is 2. The number of benzene rings is 2. The van der Waals surface area contributed by atoms with E-state index in [-0.39, 0.29) is 35.3 Å². The molecule has 0 atom stereocenters. The molecule has 1 saturated heterocycles. The Bertz CT molecular complexity index is 2440. The number of carbonyl (C=O) groups excluding carboxylic acids is 1. The Hall–Kier alpha value is -5.35. The minimum absolute atomic E-state index is 0.0635. The number of aromatic amines is 1. The zero-order valence-corrected chi connectivity index (χ0v) is 36.5. The summed E-state index contributed by atoms with van der Waals surface area (Å²) in [6.07, 6.45) is 7.97. The number of fused-ring (bicyclic) bond motifs is 1. The second kappa shape index (κ2) is 19.0. The first-order valence-electron chi connectivity index (χ1n) is 21.5. The van der Waals surface area contributed by atoms with Gasteiger partial charge in [0.1, 0.15) is 22.8 Å². The van der Waals surface area contributed by atoms with Gasteiger partial charge < -0.3 is 19.9 Å². The Morgan fingerprint density at radius 1 is 1.08 bits per heavy atom. The molecule has 16 heteroatoms. The first kappa shape index (κ1) is 44.7. The largest absolute Gasteiger partial charge is 0.455 e. The number of H-pyrrole nitrogens is 1. The molecule has 3 heterocycles. The maximum Gasteiger partial charge on any atom is 0.293 e. The number of allylic oxidation sites excluding steroid dienone is 2. The van der Waals surface area contributed by atoms with Gasteiger partial charge in [0.25, 0.3) is 21.6 Å². The number of halogens is 2. The number of carbonyl (C=O) groups is 1. The van der Waals surface area contributed by atoms with Gasteiger partial charge in [-0.1, -0.05) is 51.3 Å². The number of sulfonamides is 1. The molecule has 332 valence electrons. The predicted molar refractivity (Wildman–Crippen MR) is 238 cm³/mol. The third-order valence-corrected chi connectivity index (χ3v) is 14.0. The number of nitrogens with zero attached hydrogens (tertiary/aromatic N) is 4. The van der Waals surface area contributed by atoms with Gasteiger partial charge in [0.2, 0.25) is 6.43 Å². The van der Waals surface area contributed by atoms with Gasteiger partial charge in [-0.2, -0.15) is 0 Å². The van der Waals surface area contributed by atoms with Crippen molar-refractivity contribution in [1.29, 1.82) is 0 Å². The summed E-state index contributed by atoms with van der Waals surface area (Å²) in [5.74, 6) is 0.480. The topological polar surface area (TPSA) is 163 Å². The average molecular weight is 874 g/mol. The van der Waals surface area contributed by atoms with Crippen LogP contribution >= 0.6 is 0 Å². The lowest BCUT2D eigenvalue weighted by Gasteiger charge is -2.39. The van der Waals surface area contributed by atoms with Crippen molar-refractivity contribution >= 4 is 44.0 Å². The molecule has 4 aromatic rings. The number of nitrogens with one attached hydrogen (secondary N) is 3.